The van der Waals surface area contributed by atoms with E-state index in [4.69, 9.17) is 21.1 Å². The molecule has 6 heteroatoms. The van der Waals surface area contributed by atoms with E-state index in [0.29, 0.717) is 13.0 Å². The van der Waals surface area contributed by atoms with Crippen molar-refractivity contribution in [2.75, 3.05) is 20.8 Å². The zero-order chi connectivity index (χ0) is 13.1. The molecule has 0 saturated carbocycles. The number of halogens is 1. The number of likely N-dealkylation sites (tertiary alicyclic amines) is 1. The van der Waals surface area contributed by atoms with Gasteiger partial charge in [-0.2, -0.15) is 0 Å². The molecule has 1 aliphatic rings. The van der Waals surface area contributed by atoms with Crippen LogP contribution in [0.1, 0.15) is 11.3 Å². The number of hydrogen-bond donors (Lipinski definition) is 0. The lowest BCUT2D eigenvalue weighted by molar-refractivity contribution is -0.146. The fourth-order valence-corrected chi connectivity index (χ4v) is 3.32. The van der Waals surface area contributed by atoms with E-state index in [0.717, 1.165) is 16.4 Å². The van der Waals surface area contributed by atoms with Crippen molar-refractivity contribution in [3.8, 4) is 0 Å². The van der Waals surface area contributed by atoms with Gasteiger partial charge in [0.25, 0.3) is 0 Å². The minimum absolute atomic E-state index is 0.0875. The molecule has 0 N–H and O–H groups in total. The second-order valence-corrected chi connectivity index (χ2v) is 5.73. The molecule has 1 aliphatic heterocycles. The van der Waals surface area contributed by atoms with Gasteiger partial charge in [-0.1, -0.05) is 11.6 Å². The molecule has 2 atom stereocenters. The second kappa shape index (κ2) is 6.02. The molecule has 1 aromatic heterocycles. The Balaban J connectivity index is 2.06. The summed E-state index contributed by atoms with van der Waals surface area (Å²) in [6.45, 7) is 1.45. The molecule has 0 radical (unpaired) electrons. The van der Waals surface area contributed by atoms with Crippen LogP contribution in [-0.2, 0) is 20.8 Å². The predicted octanol–water partition coefficient (Wildman–Crippen LogP) is 2.16. The minimum atomic E-state index is -0.221. The van der Waals surface area contributed by atoms with Gasteiger partial charge in [0.15, 0.2) is 0 Å². The van der Waals surface area contributed by atoms with Gasteiger partial charge in [0.2, 0.25) is 0 Å². The number of thiophene rings is 1. The molecule has 4 nitrogen and oxygen atoms in total. The van der Waals surface area contributed by atoms with E-state index in [9.17, 15) is 4.79 Å². The maximum atomic E-state index is 11.7. The van der Waals surface area contributed by atoms with Crippen molar-refractivity contribution in [3.63, 3.8) is 0 Å². The highest BCUT2D eigenvalue weighted by atomic mass is 35.5. The number of carbonyl (C=O) groups excluding carboxylic acids is 1. The third-order valence-electron chi connectivity index (χ3n) is 3.15. The maximum Gasteiger partial charge on any atom is 0.323 e. The van der Waals surface area contributed by atoms with Crippen LogP contribution in [0.3, 0.4) is 0 Å². The second-order valence-electron chi connectivity index (χ2n) is 4.29. The predicted molar refractivity (Wildman–Crippen MR) is 71.0 cm³/mol. The van der Waals surface area contributed by atoms with E-state index in [1.807, 2.05) is 11.4 Å². The van der Waals surface area contributed by atoms with E-state index >= 15 is 0 Å². The normalized spacial score (nSPS) is 24.4. The maximum absolute atomic E-state index is 11.7. The summed E-state index contributed by atoms with van der Waals surface area (Å²) in [4.78, 5) is 15.0. The molecule has 18 heavy (non-hydrogen) atoms. The Morgan fingerprint density at radius 2 is 2.39 bits per heavy atom. The Labute approximate surface area is 115 Å². The van der Waals surface area contributed by atoms with E-state index in [1.54, 1.807) is 18.4 Å². The molecule has 0 amide bonds. The van der Waals surface area contributed by atoms with Gasteiger partial charge in [0.1, 0.15) is 6.04 Å². The zero-order valence-corrected chi connectivity index (χ0v) is 12.0. The van der Waals surface area contributed by atoms with Gasteiger partial charge in [-0.3, -0.25) is 9.69 Å². The molecule has 100 valence electrons. The number of rotatable bonds is 4. The molecule has 1 saturated heterocycles. The molecule has 2 rings (SSSR count). The Bertz CT molecular complexity index is 423. The SMILES string of the molecule is COC(=O)C1CC(OC)CN1Cc1cc(Cl)cs1. The average molecular weight is 290 g/mol. The molecule has 2 heterocycles. The fourth-order valence-electron chi connectivity index (χ4n) is 2.23. The van der Waals surface area contributed by atoms with Gasteiger partial charge >= 0.3 is 5.97 Å². The Hall–Kier alpha value is -0.620. The Morgan fingerprint density at radius 1 is 1.61 bits per heavy atom. The quantitative estimate of drug-likeness (QED) is 0.796. The standard InChI is InChI=1S/C12H16ClNO3S/c1-16-9-4-11(12(15)17-2)14(5-9)6-10-3-8(13)7-18-10/h3,7,9,11H,4-6H2,1-2H3. The summed E-state index contributed by atoms with van der Waals surface area (Å²) < 4.78 is 10.2. The van der Waals surface area contributed by atoms with Gasteiger partial charge < -0.3 is 9.47 Å². The number of hydrogen-bond acceptors (Lipinski definition) is 5. The number of esters is 1. The largest absolute Gasteiger partial charge is 0.468 e. The van der Waals surface area contributed by atoms with Crippen LogP contribution in [-0.4, -0.2) is 43.8 Å². The zero-order valence-electron chi connectivity index (χ0n) is 10.4. The van der Waals surface area contributed by atoms with E-state index in [-0.39, 0.29) is 18.1 Å². The summed E-state index contributed by atoms with van der Waals surface area (Å²) >= 11 is 7.50. The van der Waals surface area contributed by atoms with E-state index in [1.165, 1.54) is 7.11 Å². The molecule has 2 unspecified atom stereocenters. The van der Waals surface area contributed by atoms with Crippen molar-refractivity contribution in [2.45, 2.75) is 25.1 Å². The van der Waals surface area contributed by atoms with Gasteiger partial charge in [-0.25, -0.2) is 0 Å². The summed E-state index contributed by atoms with van der Waals surface area (Å²) in [6.07, 6.45) is 0.770. The molecule has 0 aliphatic carbocycles. The van der Waals surface area contributed by atoms with Gasteiger partial charge in [-0.15, -0.1) is 11.3 Å². The third-order valence-corrected chi connectivity index (χ3v) is 4.42. The highest BCUT2D eigenvalue weighted by Gasteiger charge is 2.37. The minimum Gasteiger partial charge on any atom is -0.468 e. The number of ether oxygens (including phenoxy) is 2. The third kappa shape index (κ3) is 3.03. The van der Waals surface area contributed by atoms with Crippen molar-refractivity contribution >= 4 is 28.9 Å². The summed E-state index contributed by atoms with van der Waals surface area (Å²) in [5, 5.41) is 2.64. The number of methoxy groups -OCH3 is 2. The summed E-state index contributed by atoms with van der Waals surface area (Å²) in [5.41, 5.74) is 0. The van der Waals surface area contributed by atoms with Gasteiger partial charge in [0, 0.05) is 36.9 Å². The van der Waals surface area contributed by atoms with E-state index in [2.05, 4.69) is 4.90 Å². The number of carbonyl (C=O) groups is 1. The van der Waals surface area contributed by atoms with Crippen LogP contribution in [0.5, 0.6) is 0 Å². The van der Waals surface area contributed by atoms with Crippen LogP contribution in [0.2, 0.25) is 5.02 Å². The topological polar surface area (TPSA) is 38.8 Å². The molecule has 0 aromatic carbocycles. The molecular formula is C12H16ClNO3S. The van der Waals surface area contributed by atoms with Crippen molar-refractivity contribution in [3.05, 3.63) is 21.3 Å². The van der Waals surface area contributed by atoms with Crippen molar-refractivity contribution in [2.24, 2.45) is 0 Å². The highest BCUT2D eigenvalue weighted by Crippen LogP contribution is 2.26. The van der Waals surface area contributed by atoms with Crippen LogP contribution < -0.4 is 0 Å². The molecule has 1 aromatic rings. The first-order valence-electron chi connectivity index (χ1n) is 5.71. The van der Waals surface area contributed by atoms with Crippen molar-refractivity contribution < 1.29 is 14.3 Å². The number of nitrogens with zero attached hydrogens (tertiary/aromatic N) is 1. The van der Waals surface area contributed by atoms with Crippen LogP contribution in [0, 0.1) is 0 Å². The molecule has 1 fully saturated rings. The molecule has 0 spiro atoms. The van der Waals surface area contributed by atoms with E-state index < -0.39 is 0 Å². The lowest BCUT2D eigenvalue weighted by Crippen LogP contribution is -2.36. The van der Waals surface area contributed by atoms with Crippen LogP contribution in [0.25, 0.3) is 0 Å². The smallest absolute Gasteiger partial charge is 0.323 e. The fraction of sp³-hybridized carbons (Fsp3) is 0.583. The van der Waals surface area contributed by atoms with Crippen LogP contribution in [0.15, 0.2) is 11.4 Å². The first kappa shape index (κ1) is 13.8. The monoisotopic (exact) mass is 289 g/mol. The first-order chi connectivity index (χ1) is 8.63. The lowest BCUT2D eigenvalue weighted by atomic mass is 10.2. The lowest BCUT2D eigenvalue weighted by Gasteiger charge is -2.21. The van der Waals surface area contributed by atoms with Gasteiger partial charge in [-0.05, 0) is 6.07 Å². The Morgan fingerprint density at radius 3 is 2.94 bits per heavy atom. The Kier molecular flexibility index (Phi) is 4.61. The van der Waals surface area contributed by atoms with Crippen LogP contribution in [0.4, 0.5) is 0 Å². The average Bonchev–Trinajstić information content (AvgIpc) is 2.95. The summed E-state index contributed by atoms with van der Waals surface area (Å²) in [5.74, 6) is -0.197. The highest BCUT2D eigenvalue weighted by molar-refractivity contribution is 7.10. The van der Waals surface area contributed by atoms with Crippen molar-refractivity contribution in [1.82, 2.24) is 4.90 Å². The summed E-state index contributed by atoms with van der Waals surface area (Å²) in [7, 11) is 3.09. The van der Waals surface area contributed by atoms with Gasteiger partial charge in [0.05, 0.1) is 18.2 Å². The van der Waals surface area contributed by atoms with Crippen LogP contribution >= 0.6 is 22.9 Å². The molecule has 0 bridgehead atoms. The van der Waals surface area contributed by atoms with Crippen molar-refractivity contribution in [1.29, 1.82) is 0 Å². The first-order valence-corrected chi connectivity index (χ1v) is 6.97. The summed E-state index contributed by atoms with van der Waals surface area (Å²) in [6, 6.07) is 1.71. The molecular weight excluding hydrogens is 274 g/mol.